The Labute approximate surface area is 155 Å². The number of carbonyl (C=O) groups excluding carboxylic acids is 2. The van der Waals surface area contributed by atoms with Crippen LogP contribution in [0.3, 0.4) is 0 Å². The number of benzene rings is 2. The molecule has 0 unspecified atom stereocenters. The lowest BCUT2D eigenvalue weighted by Gasteiger charge is -2.08. The van der Waals surface area contributed by atoms with Crippen molar-refractivity contribution in [2.75, 3.05) is 21.7 Å². The molecule has 132 valence electrons. The number of hydrogen-bond donors (Lipinski definition) is 4. The van der Waals surface area contributed by atoms with Gasteiger partial charge in [0.1, 0.15) is 11.6 Å². The molecule has 0 aliphatic rings. The van der Waals surface area contributed by atoms with Crippen LogP contribution in [0.15, 0.2) is 54.2 Å². The highest BCUT2D eigenvalue weighted by Crippen LogP contribution is 2.24. The number of nitrogens with one attached hydrogen (secondary N) is 3. The van der Waals surface area contributed by atoms with E-state index in [1.807, 2.05) is 6.07 Å². The minimum Gasteiger partial charge on any atom is -0.399 e. The Morgan fingerprint density at radius 3 is 2.54 bits per heavy atom. The lowest BCUT2D eigenvalue weighted by molar-refractivity contribution is -0.114. The molecule has 0 saturated heterocycles. The van der Waals surface area contributed by atoms with Gasteiger partial charge in [0.15, 0.2) is 0 Å². The van der Waals surface area contributed by atoms with Crippen molar-refractivity contribution in [3.63, 3.8) is 0 Å². The summed E-state index contributed by atoms with van der Waals surface area (Å²) in [5.41, 5.74) is 7.45. The second-order valence-electron chi connectivity index (χ2n) is 5.27. The fourth-order valence-electron chi connectivity index (χ4n) is 2.02. The van der Waals surface area contributed by atoms with Crippen molar-refractivity contribution in [3.8, 4) is 6.07 Å². The van der Waals surface area contributed by atoms with Gasteiger partial charge in [-0.15, -0.1) is 0 Å². The number of hydrogen-bond acceptors (Lipinski definition) is 5. The number of anilines is 4. The summed E-state index contributed by atoms with van der Waals surface area (Å²) in [6.07, 6.45) is 1.27. The Morgan fingerprint density at radius 2 is 1.88 bits per heavy atom. The molecule has 0 aromatic heterocycles. The number of nitrogens with two attached hydrogens (primary N) is 1. The Balaban J connectivity index is 2.11. The summed E-state index contributed by atoms with van der Waals surface area (Å²) in [7, 11) is 0. The van der Waals surface area contributed by atoms with Gasteiger partial charge in [-0.2, -0.15) is 5.26 Å². The van der Waals surface area contributed by atoms with Gasteiger partial charge in [0, 0.05) is 30.2 Å². The highest BCUT2D eigenvalue weighted by atomic mass is 35.5. The zero-order chi connectivity index (χ0) is 19.1. The average Bonchev–Trinajstić information content (AvgIpc) is 2.58. The second-order valence-corrected chi connectivity index (χ2v) is 5.68. The molecule has 0 aliphatic heterocycles. The summed E-state index contributed by atoms with van der Waals surface area (Å²) in [5, 5.41) is 17.5. The third kappa shape index (κ3) is 5.26. The number of halogens is 1. The first-order valence-electron chi connectivity index (χ1n) is 7.50. The predicted molar refractivity (Wildman–Crippen MR) is 103 cm³/mol. The van der Waals surface area contributed by atoms with E-state index in [2.05, 4.69) is 16.0 Å². The molecule has 0 radical (unpaired) electrons. The molecule has 7 nitrogen and oxygen atoms in total. The zero-order valence-corrected chi connectivity index (χ0v) is 14.6. The normalized spacial score (nSPS) is 10.6. The lowest BCUT2D eigenvalue weighted by atomic mass is 10.2. The van der Waals surface area contributed by atoms with E-state index in [4.69, 9.17) is 17.3 Å². The van der Waals surface area contributed by atoms with Crippen molar-refractivity contribution >= 4 is 46.2 Å². The highest BCUT2D eigenvalue weighted by molar-refractivity contribution is 6.34. The number of nitrogen functional groups attached to an aromatic ring is 1. The van der Waals surface area contributed by atoms with Gasteiger partial charge in [0.2, 0.25) is 5.91 Å². The van der Waals surface area contributed by atoms with Crippen molar-refractivity contribution in [1.82, 2.24) is 0 Å². The maximum Gasteiger partial charge on any atom is 0.267 e. The molecule has 0 bridgehead atoms. The largest absolute Gasteiger partial charge is 0.399 e. The highest BCUT2D eigenvalue weighted by Gasteiger charge is 2.11. The van der Waals surface area contributed by atoms with E-state index in [0.717, 1.165) is 0 Å². The first kappa shape index (κ1) is 18.8. The molecule has 2 aromatic carbocycles. The third-order valence-electron chi connectivity index (χ3n) is 3.17. The van der Waals surface area contributed by atoms with E-state index in [1.54, 1.807) is 36.4 Å². The van der Waals surface area contributed by atoms with E-state index in [0.29, 0.717) is 22.7 Å². The molecule has 2 aromatic rings. The smallest absolute Gasteiger partial charge is 0.267 e. The van der Waals surface area contributed by atoms with Gasteiger partial charge in [-0.05, 0) is 36.4 Å². The van der Waals surface area contributed by atoms with Gasteiger partial charge < -0.3 is 21.7 Å². The van der Waals surface area contributed by atoms with Crippen molar-refractivity contribution < 1.29 is 9.59 Å². The zero-order valence-electron chi connectivity index (χ0n) is 13.8. The number of nitrogens with zero attached hydrogens (tertiary/aromatic N) is 1. The average molecular weight is 370 g/mol. The van der Waals surface area contributed by atoms with Crippen LogP contribution in [0, 0.1) is 11.3 Å². The van der Waals surface area contributed by atoms with Crippen LogP contribution in [0.25, 0.3) is 0 Å². The van der Waals surface area contributed by atoms with Crippen molar-refractivity contribution in [2.45, 2.75) is 6.92 Å². The van der Waals surface area contributed by atoms with Gasteiger partial charge in [0.05, 0.1) is 10.7 Å². The van der Waals surface area contributed by atoms with E-state index < -0.39 is 5.91 Å². The Kier molecular flexibility index (Phi) is 6.20. The van der Waals surface area contributed by atoms with Crippen LogP contribution in [0.1, 0.15) is 6.92 Å². The molecule has 8 heteroatoms. The van der Waals surface area contributed by atoms with Crippen molar-refractivity contribution in [2.24, 2.45) is 0 Å². The molecule has 0 fully saturated rings. The van der Waals surface area contributed by atoms with Crippen LogP contribution in [0.4, 0.5) is 22.7 Å². The third-order valence-corrected chi connectivity index (χ3v) is 3.49. The van der Waals surface area contributed by atoms with Gasteiger partial charge in [0.25, 0.3) is 5.91 Å². The Hall–Kier alpha value is -3.50. The number of carbonyl (C=O) groups is 2. The lowest BCUT2D eigenvalue weighted by Crippen LogP contribution is -2.15. The molecule has 0 saturated carbocycles. The van der Waals surface area contributed by atoms with Gasteiger partial charge in [-0.1, -0.05) is 17.7 Å². The summed E-state index contributed by atoms with van der Waals surface area (Å²) in [6, 6.07) is 13.3. The van der Waals surface area contributed by atoms with Crippen LogP contribution < -0.4 is 21.7 Å². The summed E-state index contributed by atoms with van der Waals surface area (Å²) in [6.45, 7) is 1.40. The van der Waals surface area contributed by atoms with Crippen LogP contribution in [-0.2, 0) is 9.59 Å². The second kappa shape index (κ2) is 8.55. The first-order chi connectivity index (χ1) is 12.4. The number of rotatable bonds is 5. The van der Waals surface area contributed by atoms with Crippen molar-refractivity contribution in [3.05, 3.63) is 59.3 Å². The predicted octanol–water partition coefficient (Wildman–Crippen LogP) is 3.34. The SMILES string of the molecule is CC(=O)Nc1cccc(N/C=C(/C#N)C(=O)Nc2ccc(N)cc2Cl)c1. The minimum atomic E-state index is -0.621. The van der Waals surface area contributed by atoms with Gasteiger partial charge in [-0.3, -0.25) is 9.59 Å². The summed E-state index contributed by atoms with van der Waals surface area (Å²) >= 11 is 6.01. The quantitative estimate of drug-likeness (QED) is 0.366. The Morgan fingerprint density at radius 1 is 1.15 bits per heavy atom. The summed E-state index contributed by atoms with van der Waals surface area (Å²) < 4.78 is 0. The van der Waals surface area contributed by atoms with Gasteiger partial charge >= 0.3 is 0 Å². The fourth-order valence-corrected chi connectivity index (χ4v) is 2.25. The van der Waals surface area contributed by atoms with Crippen molar-refractivity contribution in [1.29, 1.82) is 5.26 Å². The number of nitriles is 1. The molecule has 0 heterocycles. The maximum atomic E-state index is 12.2. The number of amides is 2. The fraction of sp³-hybridized carbons (Fsp3) is 0.0556. The topological polar surface area (TPSA) is 120 Å². The molecule has 2 amide bonds. The molecular weight excluding hydrogens is 354 g/mol. The minimum absolute atomic E-state index is 0.150. The van der Waals surface area contributed by atoms with E-state index in [9.17, 15) is 14.9 Å². The van der Waals surface area contributed by atoms with Crippen LogP contribution >= 0.6 is 11.6 Å². The molecule has 0 atom stereocenters. The first-order valence-corrected chi connectivity index (χ1v) is 7.87. The van der Waals surface area contributed by atoms with Gasteiger partial charge in [-0.25, -0.2) is 0 Å². The monoisotopic (exact) mass is 369 g/mol. The summed E-state index contributed by atoms with van der Waals surface area (Å²) in [4.78, 5) is 23.3. The van der Waals surface area contributed by atoms with Crippen LogP contribution in [-0.4, -0.2) is 11.8 Å². The molecule has 26 heavy (non-hydrogen) atoms. The van der Waals surface area contributed by atoms with Crippen LogP contribution in [0.2, 0.25) is 5.02 Å². The standard InChI is InChI=1S/C18H16ClN5O2/c1-11(25)23-15-4-2-3-14(8-15)22-10-12(9-20)18(26)24-17-6-5-13(21)7-16(17)19/h2-8,10,22H,21H2,1H3,(H,23,25)(H,24,26)/b12-10-. The summed E-state index contributed by atoms with van der Waals surface area (Å²) in [5.74, 6) is -0.820. The molecule has 2 rings (SSSR count). The van der Waals surface area contributed by atoms with E-state index in [-0.39, 0.29) is 16.5 Å². The molecule has 0 aliphatic carbocycles. The van der Waals surface area contributed by atoms with E-state index in [1.165, 1.54) is 19.2 Å². The maximum absolute atomic E-state index is 12.2. The molecular formula is C18H16ClN5O2. The molecule has 0 spiro atoms. The van der Waals surface area contributed by atoms with Crippen LogP contribution in [0.5, 0.6) is 0 Å². The molecule has 5 N–H and O–H groups in total. The van der Waals surface area contributed by atoms with E-state index >= 15 is 0 Å². The Bertz CT molecular complexity index is 918.